The molecule has 10 heavy (non-hydrogen) atoms. The minimum atomic E-state index is -0.790. The quantitative estimate of drug-likeness (QED) is 0.610. The number of nitriles is 1. The van der Waals surface area contributed by atoms with Gasteiger partial charge in [0.25, 0.3) is 0 Å². The number of hydrogen-bond donors (Lipinski definition) is 1. The van der Waals surface area contributed by atoms with Crippen molar-refractivity contribution in [3.8, 4) is 6.07 Å². The van der Waals surface area contributed by atoms with Crippen LogP contribution in [0.4, 0.5) is 0 Å². The second kappa shape index (κ2) is 6.43. The zero-order chi connectivity index (χ0) is 7.82. The van der Waals surface area contributed by atoms with Gasteiger partial charge in [0.05, 0.1) is 11.8 Å². The van der Waals surface area contributed by atoms with E-state index in [1.54, 1.807) is 0 Å². The molecule has 0 aliphatic heterocycles. The van der Waals surface area contributed by atoms with Gasteiger partial charge in [-0.25, -0.2) is 0 Å². The first-order valence-corrected chi connectivity index (χ1v) is 4.09. The largest absolute Gasteiger partial charge is 0.481 e. The topological polar surface area (TPSA) is 61.1 Å². The summed E-state index contributed by atoms with van der Waals surface area (Å²) in [5.41, 5.74) is 0. The van der Waals surface area contributed by atoms with Crippen molar-refractivity contribution >= 4 is 17.7 Å². The Morgan fingerprint density at radius 1 is 1.70 bits per heavy atom. The van der Waals surface area contributed by atoms with Crippen LogP contribution in [0, 0.1) is 11.3 Å². The number of nitrogens with zero attached hydrogens (tertiary/aromatic N) is 1. The second-order valence-corrected chi connectivity index (χ2v) is 2.81. The van der Waals surface area contributed by atoms with Crippen LogP contribution < -0.4 is 0 Å². The van der Waals surface area contributed by atoms with E-state index < -0.39 is 5.97 Å². The van der Waals surface area contributed by atoms with Crippen molar-refractivity contribution in [3.05, 3.63) is 0 Å². The average Bonchev–Trinajstić information content (AvgIpc) is 1.87. The Kier molecular flexibility index (Phi) is 5.99. The summed E-state index contributed by atoms with van der Waals surface area (Å²) in [6.45, 7) is 0. The summed E-state index contributed by atoms with van der Waals surface area (Å²) in [5.74, 6) is 0.118. The number of unbranched alkanes of at least 4 members (excludes halogenated alkanes) is 1. The molecule has 0 radical (unpaired) electrons. The fourth-order valence-corrected chi connectivity index (χ4v) is 1.08. The number of aliphatic carboxylic acids is 1. The highest BCUT2D eigenvalue weighted by Crippen LogP contribution is 2.02. The predicted octanol–water partition coefficient (Wildman–Crippen LogP) is 1.11. The van der Waals surface area contributed by atoms with Crippen molar-refractivity contribution in [2.45, 2.75) is 12.8 Å². The Morgan fingerprint density at radius 3 is 2.90 bits per heavy atom. The van der Waals surface area contributed by atoms with Crippen LogP contribution in [-0.4, -0.2) is 22.6 Å². The van der Waals surface area contributed by atoms with Gasteiger partial charge in [-0.2, -0.15) is 17.0 Å². The van der Waals surface area contributed by atoms with Gasteiger partial charge in [0.2, 0.25) is 0 Å². The third-order valence-electron chi connectivity index (χ3n) is 0.803. The first-order chi connectivity index (χ1) is 4.77. The SMILES string of the molecule is N#CCCCSCC(=O)O. The van der Waals surface area contributed by atoms with Gasteiger partial charge in [-0.15, -0.1) is 0 Å². The van der Waals surface area contributed by atoms with Crippen molar-refractivity contribution in [1.29, 1.82) is 5.26 Å². The second-order valence-electron chi connectivity index (χ2n) is 1.71. The van der Waals surface area contributed by atoms with Crippen molar-refractivity contribution in [3.63, 3.8) is 0 Å². The number of carbonyl (C=O) groups is 1. The van der Waals surface area contributed by atoms with Gasteiger partial charge in [0.1, 0.15) is 0 Å². The highest BCUT2D eigenvalue weighted by Gasteiger charge is 1.94. The van der Waals surface area contributed by atoms with Crippen molar-refractivity contribution < 1.29 is 9.90 Å². The highest BCUT2D eigenvalue weighted by atomic mass is 32.2. The molecule has 0 fully saturated rings. The molecule has 0 bridgehead atoms. The van der Waals surface area contributed by atoms with Gasteiger partial charge in [0.15, 0.2) is 0 Å². The van der Waals surface area contributed by atoms with Gasteiger partial charge >= 0.3 is 5.97 Å². The summed E-state index contributed by atoms with van der Waals surface area (Å²) >= 11 is 1.35. The van der Waals surface area contributed by atoms with Gasteiger partial charge in [-0.1, -0.05) is 0 Å². The molecule has 1 N–H and O–H groups in total. The highest BCUT2D eigenvalue weighted by molar-refractivity contribution is 7.99. The Hall–Kier alpha value is -0.690. The van der Waals surface area contributed by atoms with Crippen LogP contribution in [0.2, 0.25) is 0 Å². The molecule has 0 aromatic carbocycles. The van der Waals surface area contributed by atoms with E-state index in [1.165, 1.54) is 11.8 Å². The number of carboxylic acids is 1. The van der Waals surface area contributed by atoms with E-state index in [4.69, 9.17) is 10.4 Å². The summed E-state index contributed by atoms with van der Waals surface area (Å²) in [5, 5.41) is 16.3. The monoisotopic (exact) mass is 159 g/mol. The van der Waals surface area contributed by atoms with Crippen LogP contribution in [0.5, 0.6) is 0 Å². The maximum absolute atomic E-state index is 9.95. The zero-order valence-corrected chi connectivity index (χ0v) is 6.36. The van der Waals surface area contributed by atoms with E-state index in [2.05, 4.69) is 0 Å². The molecule has 0 spiro atoms. The molecule has 0 aromatic rings. The number of thioether (sulfide) groups is 1. The lowest BCUT2D eigenvalue weighted by Gasteiger charge is -1.92. The Morgan fingerprint density at radius 2 is 2.40 bits per heavy atom. The molecule has 0 atom stereocenters. The summed E-state index contributed by atoms with van der Waals surface area (Å²) in [6.07, 6.45) is 1.31. The molecule has 0 aliphatic rings. The number of carboxylic acid groups (broad SMARTS) is 1. The fourth-order valence-electron chi connectivity index (χ4n) is 0.413. The van der Waals surface area contributed by atoms with Crippen LogP contribution in [0.1, 0.15) is 12.8 Å². The molecule has 0 heterocycles. The minimum absolute atomic E-state index is 0.144. The lowest BCUT2D eigenvalue weighted by atomic mass is 10.4. The van der Waals surface area contributed by atoms with Crippen molar-refractivity contribution in [2.75, 3.05) is 11.5 Å². The van der Waals surface area contributed by atoms with E-state index in [1.807, 2.05) is 6.07 Å². The molecule has 0 unspecified atom stereocenters. The lowest BCUT2D eigenvalue weighted by molar-refractivity contribution is -0.133. The molecule has 0 saturated heterocycles. The third kappa shape index (κ3) is 7.31. The maximum atomic E-state index is 9.95. The van der Waals surface area contributed by atoms with Crippen LogP contribution in [0.15, 0.2) is 0 Å². The minimum Gasteiger partial charge on any atom is -0.481 e. The van der Waals surface area contributed by atoms with E-state index in [-0.39, 0.29) is 5.75 Å². The fraction of sp³-hybridized carbons (Fsp3) is 0.667. The molecule has 56 valence electrons. The van der Waals surface area contributed by atoms with Crippen LogP contribution in [0.3, 0.4) is 0 Å². The molecule has 0 aliphatic carbocycles. The zero-order valence-electron chi connectivity index (χ0n) is 5.54. The predicted molar refractivity (Wildman–Crippen MR) is 39.8 cm³/mol. The Balaban J connectivity index is 2.92. The number of rotatable bonds is 5. The van der Waals surface area contributed by atoms with E-state index in [9.17, 15) is 4.79 Å². The van der Waals surface area contributed by atoms with E-state index >= 15 is 0 Å². The molecular weight excluding hydrogens is 150 g/mol. The smallest absolute Gasteiger partial charge is 0.313 e. The van der Waals surface area contributed by atoms with E-state index in [0.29, 0.717) is 6.42 Å². The van der Waals surface area contributed by atoms with Gasteiger partial charge < -0.3 is 5.11 Å². The number of hydrogen-bond acceptors (Lipinski definition) is 3. The Labute approximate surface area is 64.0 Å². The van der Waals surface area contributed by atoms with Crippen LogP contribution in [-0.2, 0) is 4.79 Å². The standard InChI is InChI=1S/C6H9NO2S/c7-3-1-2-4-10-5-6(8)9/h1-2,4-5H2,(H,8,9). The first kappa shape index (κ1) is 9.31. The van der Waals surface area contributed by atoms with Crippen LogP contribution in [0.25, 0.3) is 0 Å². The van der Waals surface area contributed by atoms with E-state index in [0.717, 1.165) is 12.2 Å². The van der Waals surface area contributed by atoms with Gasteiger partial charge in [0, 0.05) is 6.42 Å². The summed E-state index contributed by atoms with van der Waals surface area (Å²) in [7, 11) is 0. The molecule has 0 saturated carbocycles. The first-order valence-electron chi connectivity index (χ1n) is 2.94. The van der Waals surface area contributed by atoms with Gasteiger partial charge in [-0.05, 0) is 12.2 Å². The summed E-state index contributed by atoms with van der Waals surface area (Å²) in [4.78, 5) is 9.95. The van der Waals surface area contributed by atoms with Crippen LogP contribution >= 0.6 is 11.8 Å². The average molecular weight is 159 g/mol. The lowest BCUT2D eigenvalue weighted by Crippen LogP contribution is -1.98. The maximum Gasteiger partial charge on any atom is 0.313 e. The molecular formula is C6H9NO2S. The molecule has 0 rings (SSSR count). The normalized spacial score (nSPS) is 8.70. The molecule has 0 amide bonds. The molecule has 3 nitrogen and oxygen atoms in total. The summed E-state index contributed by atoms with van der Waals surface area (Å²) < 4.78 is 0. The van der Waals surface area contributed by atoms with Crippen molar-refractivity contribution in [2.24, 2.45) is 0 Å². The van der Waals surface area contributed by atoms with Gasteiger partial charge in [-0.3, -0.25) is 4.79 Å². The summed E-state index contributed by atoms with van der Waals surface area (Å²) in [6, 6.07) is 2.00. The van der Waals surface area contributed by atoms with Crippen molar-refractivity contribution in [1.82, 2.24) is 0 Å². The molecule has 0 aromatic heterocycles. The Bertz CT molecular complexity index is 141. The molecule has 4 heteroatoms. The third-order valence-corrected chi connectivity index (χ3v) is 1.83.